The standard InChI is InChI=1S/C10H11N3O6/c14-8(6-1-2-7(11-6)13(17)18)12-10(9(15)16)3-4-19-5-10/h1-2,11H,3-5H2,(H,12,14)(H,15,16). The van der Waals surface area contributed by atoms with E-state index in [1.807, 2.05) is 0 Å². The normalized spacial score (nSPS) is 22.1. The van der Waals surface area contributed by atoms with Gasteiger partial charge in [0, 0.05) is 19.1 Å². The molecule has 1 saturated heterocycles. The Hall–Kier alpha value is -2.42. The molecule has 0 aliphatic carbocycles. The van der Waals surface area contributed by atoms with Crippen molar-refractivity contribution in [2.75, 3.05) is 13.2 Å². The van der Waals surface area contributed by atoms with Gasteiger partial charge in [-0.25, -0.2) is 9.78 Å². The van der Waals surface area contributed by atoms with Crippen molar-refractivity contribution in [1.82, 2.24) is 10.3 Å². The average Bonchev–Trinajstić information content (AvgIpc) is 2.97. The van der Waals surface area contributed by atoms with Gasteiger partial charge in [-0.2, -0.15) is 0 Å². The smallest absolute Gasteiger partial charge is 0.331 e. The molecule has 9 heteroatoms. The van der Waals surface area contributed by atoms with Crippen LogP contribution in [0.15, 0.2) is 12.1 Å². The molecule has 1 unspecified atom stereocenters. The number of carboxylic acid groups (broad SMARTS) is 1. The van der Waals surface area contributed by atoms with E-state index in [1.54, 1.807) is 0 Å². The fourth-order valence-corrected chi connectivity index (χ4v) is 1.79. The summed E-state index contributed by atoms with van der Waals surface area (Å²) in [5, 5.41) is 22.0. The van der Waals surface area contributed by atoms with E-state index < -0.39 is 22.3 Å². The van der Waals surface area contributed by atoms with Crippen LogP contribution in [0.4, 0.5) is 5.82 Å². The minimum atomic E-state index is -1.48. The predicted octanol–water partition coefficient (Wildman–Crippen LogP) is -0.104. The molecule has 2 heterocycles. The SMILES string of the molecule is O=C(NC1(C(=O)O)CCOC1)c1ccc([N+](=O)[O-])[nH]1. The number of ether oxygens (including phenoxy) is 1. The number of aliphatic carboxylic acids is 1. The third kappa shape index (κ3) is 2.40. The number of nitrogens with zero attached hydrogens (tertiary/aromatic N) is 1. The number of carbonyl (C=O) groups excluding carboxylic acids is 1. The molecule has 1 fully saturated rings. The van der Waals surface area contributed by atoms with Crippen LogP contribution in [0.5, 0.6) is 0 Å². The van der Waals surface area contributed by atoms with Crippen molar-refractivity contribution < 1.29 is 24.4 Å². The number of rotatable bonds is 4. The molecule has 102 valence electrons. The first-order chi connectivity index (χ1) is 8.94. The Bertz CT molecular complexity index is 531. The van der Waals surface area contributed by atoms with E-state index in [1.165, 1.54) is 6.07 Å². The van der Waals surface area contributed by atoms with E-state index in [0.717, 1.165) is 6.07 Å². The Morgan fingerprint density at radius 2 is 2.26 bits per heavy atom. The van der Waals surface area contributed by atoms with Gasteiger partial charge in [-0.05, 0) is 11.0 Å². The number of carbonyl (C=O) groups is 2. The van der Waals surface area contributed by atoms with Gasteiger partial charge in [0.25, 0.3) is 5.91 Å². The Labute approximate surface area is 106 Å². The molecule has 0 bridgehead atoms. The van der Waals surface area contributed by atoms with Crippen LogP contribution in [0, 0.1) is 10.1 Å². The monoisotopic (exact) mass is 269 g/mol. The average molecular weight is 269 g/mol. The second-order valence-electron chi connectivity index (χ2n) is 4.16. The molecule has 0 radical (unpaired) electrons. The Balaban J connectivity index is 2.15. The molecule has 1 atom stereocenters. The van der Waals surface area contributed by atoms with Gasteiger partial charge < -0.3 is 25.3 Å². The van der Waals surface area contributed by atoms with Crippen LogP contribution < -0.4 is 5.32 Å². The highest BCUT2D eigenvalue weighted by atomic mass is 16.6. The summed E-state index contributed by atoms with van der Waals surface area (Å²) in [5.41, 5.74) is -1.55. The third-order valence-electron chi connectivity index (χ3n) is 2.90. The summed E-state index contributed by atoms with van der Waals surface area (Å²) in [7, 11) is 0. The van der Waals surface area contributed by atoms with Crippen LogP contribution in [0.1, 0.15) is 16.9 Å². The zero-order valence-corrected chi connectivity index (χ0v) is 9.71. The van der Waals surface area contributed by atoms with Gasteiger partial charge in [-0.15, -0.1) is 0 Å². The van der Waals surface area contributed by atoms with Crippen molar-refractivity contribution in [3.05, 3.63) is 27.9 Å². The van der Waals surface area contributed by atoms with E-state index in [-0.39, 0.29) is 31.1 Å². The highest BCUT2D eigenvalue weighted by molar-refractivity contribution is 5.97. The molecule has 1 aromatic rings. The molecule has 1 aliphatic rings. The molecule has 3 N–H and O–H groups in total. The second kappa shape index (κ2) is 4.69. The molecule has 1 aromatic heterocycles. The number of H-pyrrole nitrogens is 1. The van der Waals surface area contributed by atoms with E-state index in [0.29, 0.717) is 0 Å². The molecule has 9 nitrogen and oxygen atoms in total. The van der Waals surface area contributed by atoms with Crippen LogP contribution in [0.2, 0.25) is 0 Å². The number of nitrogens with one attached hydrogen (secondary N) is 2. The van der Waals surface area contributed by atoms with Gasteiger partial charge in [-0.3, -0.25) is 4.79 Å². The lowest BCUT2D eigenvalue weighted by molar-refractivity contribution is -0.389. The van der Waals surface area contributed by atoms with Gasteiger partial charge in [0.1, 0.15) is 0 Å². The van der Waals surface area contributed by atoms with E-state index in [9.17, 15) is 19.7 Å². The first-order valence-electron chi connectivity index (χ1n) is 5.42. The number of nitro groups is 1. The first-order valence-corrected chi connectivity index (χ1v) is 5.42. The van der Waals surface area contributed by atoms with E-state index >= 15 is 0 Å². The van der Waals surface area contributed by atoms with Gasteiger partial charge >= 0.3 is 11.8 Å². The molecule has 0 saturated carbocycles. The van der Waals surface area contributed by atoms with Crippen molar-refractivity contribution in [2.45, 2.75) is 12.0 Å². The Morgan fingerprint density at radius 3 is 2.74 bits per heavy atom. The highest BCUT2D eigenvalue weighted by Crippen LogP contribution is 2.20. The zero-order chi connectivity index (χ0) is 14.0. The van der Waals surface area contributed by atoms with Crippen molar-refractivity contribution in [3.63, 3.8) is 0 Å². The van der Waals surface area contributed by atoms with Crippen LogP contribution in [-0.4, -0.2) is 45.6 Å². The van der Waals surface area contributed by atoms with Crippen LogP contribution in [-0.2, 0) is 9.53 Å². The fourth-order valence-electron chi connectivity index (χ4n) is 1.79. The van der Waals surface area contributed by atoms with Crippen LogP contribution in [0.3, 0.4) is 0 Å². The lowest BCUT2D eigenvalue weighted by Crippen LogP contribution is -2.55. The van der Waals surface area contributed by atoms with Crippen LogP contribution >= 0.6 is 0 Å². The van der Waals surface area contributed by atoms with Gasteiger partial charge in [0.15, 0.2) is 11.2 Å². The highest BCUT2D eigenvalue weighted by Gasteiger charge is 2.44. The second-order valence-corrected chi connectivity index (χ2v) is 4.16. The predicted molar refractivity (Wildman–Crippen MR) is 60.7 cm³/mol. The molecular formula is C10H11N3O6. The largest absolute Gasteiger partial charge is 0.479 e. The molecule has 0 aromatic carbocycles. The van der Waals surface area contributed by atoms with Crippen molar-refractivity contribution in [1.29, 1.82) is 0 Å². The Morgan fingerprint density at radius 1 is 1.53 bits per heavy atom. The van der Waals surface area contributed by atoms with Gasteiger partial charge in [0.2, 0.25) is 0 Å². The molecule has 2 rings (SSSR count). The van der Waals surface area contributed by atoms with Crippen molar-refractivity contribution in [3.8, 4) is 0 Å². The number of carboxylic acids is 1. The molecule has 0 spiro atoms. The number of aromatic amines is 1. The summed E-state index contributed by atoms with van der Waals surface area (Å²) >= 11 is 0. The zero-order valence-electron chi connectivity index (χ0n) is 9.71. The van der Waals surface area contributed by atoms with Crippen molar-refractivity contribution in [2.24, 2.45) is 0 Å². The van der Waals surface area contributed by atoms with Crippen LogP contribution in [0.25, 0.3) is 0 Å². The number of hydrogen-bond donors (Lipinski definition) is 3. The molecule has 1 amide bonds. The lowest BCUT2D eigenvalue weighted by Gasteiger charge is -2.22. The summed E-state index contributed by atoms with van der Waals surface area (Å²) in [6.45, 7) is 0.105. The Kier molecular flexibility index (Phi) is 3.21. The maximum absolute atomic E-state index is 11.9. The molecular weight excluding hydrogens is 258 g/mol. The van der Waals surface area contributed by atoms with E-state index in [2.05, 4.69) is 10.3 Å². The summed E-state index contributed by atoms with van der Waals surface area (Å²) in [5.74, 6) is -2.25. The number of amides is 1. The third-order valence-corrected chi connectivity index (χ3v) is 2.90. The minimum absolute atomic E-state index is 0.0702. The fraction of sp³-hybridized carbons (Fsp3) is 0.400. The minimum Gasteiger partial charge on any atom is -0.479 e. The summed E-state index contributed by atoms with van der Waals surface area (Å²) < 4.78 is 4.99. The summed E-state index contributed by atoms with van der Waals surface area (Å²) in [6.07, 6.45) is 0.150. The van der Waals surface area contributed by atoms with Gasteiger partial charge in [0.05, 0.1) is 6.61 Å². The van der Waals surface area contributed by atoms with E-state index in [4.69, 9.17) is 9.84 Å². The summed E-state index contributed by atoms with van der Waals surface area (Å²) in [6, 6.07) is 2.35. The molecule has 1 aliphatic heterocycles. The maximum Gasteiger partial charge on any atom is 0.331 e. The van der Waals surface area contributed by atoms with Gasteiger partial charge in [-0.1, -0.05) is 0 Å². The summed E-state index contributed by atoms with van der Waals surface area (Å²) in [4.78, 5) is 35.2. The lowest BCUT2D eigenvalue weighted by atomic mass is 9.99. The quantitative estimate of drug-likeness (QED) is 0.516. The first kappa shape index (κ1) is 13.0. The number of hydrogen-bond acceptors (Lipinski definition) is 5. The number of aromatic nitrogens is 1. The topological polar surface area (TPSA) is 135 Å². The van der Waals surface area contributed by atoms with Crippen molar-refractivity contribution >= 4 is 17.7 Å². The molecule has 19 heavy (non-hydrogen) atoms. The maximum atomic E-state index is 11.9.